The van der Waals surface area contributed by atoms with Crippen LogP contribution < -0.4 is 9.80 Å². The Morgan fingerprint density at radius 3 is 1.44 bits per heavy atom. The minimum Gasteiger partial charge on any atom is -0.310 e. The van der Waals surface area contributed by atoms with Crippen molar-refractivity contribution in [3.05, 3.63) is 277 Å². The molecular formula is C61H42N2S. The molecule has 1 aliphatic carbocycles. The number of nitrogens with zero attached hydrogens (tertiary/aromatic N) is 2. The monoisotopic (exact) mass is 834 g/mol. The lowest BCUT2D eigenvalue weighted by Crippen LogP contribution is -2.32. The van der Waals surface area contributed by atoms with E-state index in [1.54, 1.807) is 0 Å². The van der Waals surface area contributed by atoms with E-state index in [1.165, 1.54) is 65.4 Å². The zero-order chi connectivity index (χ0) is 42.5. The number of hydrogen-bond donors (Lipinski definition) is 0. The smallest absolute Gasteiger partial charge is 0.0736 e. The van der Waals surface area contributed by atoms with Crippen molar-refractivity contribution in [1.29, 1.82) is 0 Å². The Morgan fingerprint density at radius 1 is 0.281 bits per heavy atom. The van der Waals surface area contributed by atoms with Crippen molar-refractivity contribution in [2.24, 2.45) is 0 Å². The summed E-state index contributed by atoms with van der Waals surface area (Å²) in [4.78, 5) is 7.36. The number of rotatable bonds is 8. The van der Waals surface area contributed by atoms with Crippen LogP contribution in [0, 0.1) is 0 Å². The molecule has 0 bridgehead atoms. The standard InChI is InChI=1S/C61H42N2S/c1-5-21-43(22-6-1)50-31-13-14-32-51(50)44-23-19-30-48(41-44)62(45-24-7-2-8-25-45)49-39-40-55-59(42-49)64-58-38-18-17-35-54(58)61(55)53-34-16-15-33-52(53)60-56(61)36-20-37-57(60)63(46-26-9-3-10-27-46)47-28-11-4-12-29-47/h1-42H. The third-order valence-electron chi connectivity index (χ3n) is 12.9. The maximum Gasteiger partial charge on any atom is 0.0736 e. The molecule has 64 heavy (non-hydrogen) atoms. The van der Waals surface area contributed by atoms with Crippen molar-refractivity contribution < 1.29 is 0 Å². The summed E-state index contributed by atoms with van der Waals surface area (Å²) in [5.74, 6) is 0. The van der Waals surface area contributed by atoms with E-state index in [9.17, 15) is 0 Å². The number of hydrogen-bond acceptors (Lipinski definition) is 3. The number of benzene rings is 10. The SMILES string of the molecule is c1ccc(-c2ccccc2-c2cccc(N(c3ccccc3)c3ccc4c(c3)Sc3ccccc3C43c4ccccc4-c4c(N(c5ccccc5)c5ccccc5)cccc43)c2)cc1. The van der Waals surface area contributed by atoms with E-state index < -0.39 is 5.41 Å². The van der Waals surface area contributed by atoms with Gasteiger partial charge in [-0.1, -0.05) is 194 Å². The first kappa shape index (κ1) is 37.9. The highest BCUT2D eigenvalue weighted by Gasteiger charge is 2.51. The fraction of sp³-hybridized carbons (Fsp3) is 0.0164. The van der Waals surface area contributed by atoms with Gasteiger partial charge >= 0.3 is 0 Å². The van der Waals surface area contributed by atoms with Crippen molar-refractivity contribution in [2.45, 2.75) is 15.2 Å². The van der Waals surface area contributed by atoms with E-state index in [0.717, 1.165) is 34.1 Å². The molecule has 0 aromatic heterocycles. The van der Waals surface area contributed by atoms with Gasteiger partial charge in [-0.15, -0.1) is 0 Å². The second kappa shape index (κ2) is 15.8. The summed E-state index contributed by atoms with van der Waals surface area (Å²) in [6.45, 7) is 0. The van der Waals surface area contributed by atoms with E-state index >= 15 is 0 Å². The summed E-state index contributed by atoms with van der Waals surface area (Å²) in [6, 6.07) is 93.1. The quantitative estimate of drug-likeness (QED) is 0.151. The molecular weight excluding hydrogens is 793 g/mol. The minimum absolute atomic E-state index is 0.546. The van der Waals surface area contributed by atoms with Gasteiger partial charge in [-0.05, 0) is 123 Å². The predicted octanol–water partition coefficient (Wildman–Crippen LogP) is 16.8. The summed E-state index contributed by atoms with van der Waals surface area (Å²) in [5.41, 5.74) is 18.8. The molecule has 2 aliphatic rings. The molecule has 2 nitrogen and oxygen atoms in total. The molecule has 10 aromatic carbocycles. The normalized spacial score (nSPS) is 14.2. The molecule has 0 fully saturated rings. The lowest BCUT2D eigenvalue weighted by atomic mass is 9.67. The molecule has 0 amide bonds. The Bertz CT molecular complexity index is 3270. The van der Waals surface area contributed by atoms with Crippen molar-refractivity contribution in [2.75, 3.05) is 9.80 Å². The summed E-state index contributed by atoms with van der Waals surface area (Å²) in [6.07, 6.45) is 0. The highest BCUT2D eigenvalue weighted by Crippen LogP contribution is 2.64. The van der Waals surface area contributed by atoms with Gasteiger partial charge in [0.15, 0.2) is 0 Å². The van der Waals surface area contributed by atoms with Gasteiger partial charge in [-0.25, -0.2) is 0 Å². The summed E-state index contributed by atoms with van der Waals surface area (Å²) in [5, 5.41) is 0. The van der Waals surface area contributed by atoms with Crippen LogP contribution in [0.3, 0.4) is 0 Å². The first-order chi connectivity index (χ1) is 31.8. The van der Waals surface area contributed by atoms with Gasteiger partial charge in [0, 0.05) is 43.8 Å². The van der Waals surface area contributed by atoms with Crippen molar-refractivity contribution in [3.63, 3.8) is 0 Å². The molecule has 1 atom stereocenters. The van der Waals surface area contributed by atoms with Crippen LogP contribution in [0.4, 0.5) is 34.1 Å². The van der Waals surface area contributed by atoms with Gasteiger partial charge in [-0.3, -0.25) is 0 Å². The highest BCUT2D eigenvalue weighted by molar-refractivity contribution is 7.99. The van der Waals surface area contributed by atoms with Gasteiger partial charge < -0.3 is 9.80 Å². The van der Waals surface area contributed by atoms with Crippen LogP contribution in [0.2, 0.25) is 0 Å². The van der Waals surface area contributed by atoms with E-state index in [0.29, 0.717) is 0 Å². The number of para-hydroxylation sites is 3. The third kappa shape index (κ3) is 6.12. The van der Waals surface area contributed by atoms with Crippen LogP contribution >= 0.6 is 11.8 Å². The molecule has 1 unspecified atom stereocenters. The Kier molecular flexibility index (Phi) is 9.35. The average Bonchev–Trinajstić information content (AvgIpc) is 3.66. The molecule has 12 rings (SSSR count). The van der Waals surface area contributed by atoms with E-state index in [-0.39, 0.29) is 0 Å². The number of fused-ring (bicyclic) bond motifs is 9. The van der Waals surface area contributed by atoms with Crippen LogP contribution in [-0.4, -0.2) is 0 Å². The molecule has 0 N–H and O–H groups in total. The van der Waals surface area contributed by atoms with E-state index in [4.69, 9.17) is 0 Å². The Balaban J connectivity index is 1.06. The van der Waals surface area contributed by atoms with Gasteiger partial charge in [0.2, 0.25) is 0 Å². The predicted molar refractivity (Wildman–Crippen MR) is 268 cm³/mol. The third-order valence-corrected chi connectivity index (χ3v) is 14.0. The van der Waals surface area contributed by atoms with Crippen LogP contribution in [0.5, 0.6) is 0 Å². The molecule has 0 radical (unpaired) electrons. The van der Waals surface area contributed by atoms with Gasteiger partial charge in [0.1, 0.15) is 0 Å². The number of anilines is 6. The first-order valence-electron chi connectivity index (χ1n) is 21.9. The van der Waals surface area contributed by atoms with E-state index in [2.05, 4.69) is 265 Å². The molecule has 0 saturated carbocycles. The molecule has 1 spiro atoms. The maximum absolute atomic E-state index is 2.43. The molecule has 3 heteroatoms. The molecule has 1 heterocycles. The van der Waals surface area contributed by atoms with Crippen molar-refractivity contribution in [1.82, 2.24) is 0 Å². The average molecular weight is 835 g/mol. The maximum atomic E-state index is 2.43. The summed E-state index contributed by atoms with van der Waals surface area (Å²) in [7, 11) is 0. The van der Waals surface area contributed by atoms with Gasteiger partial charge in [0.25, 0.3) is 0 Å². The molecule has 0 saturated heterocycles. The second-order valence-electron chi connectivity index (χ2n) is 16.4. The second-order valence-corrected chi connectivity index (χ2v) is 17.5. The lowest BCUT2D eigenvalue weighted by molar-refractivity contribution is 0.722. The zero-order valence-electron chi connectivity index (χ0n) is 35.1. The summed E-state index contributed by atoms with van der Waals surface area (Å²) >= 11 is 1.88. The molecule has 10 aromatic rings. The zero-order valence-corrected chi connectivity index (χ0v) is 35.9. The molecule has 1 aliphatic heterocycles. The fourth-order valence-corrected chi connectivity index (χ4v) is 11.5. The van der Waals surface area contributed by atoms with Crippen LogP contribution in [-0.2, 0) is 5.41 Å². The van der Waals surface area contributed by atoms with Crippen LogP contribution in [0.1, 0.15) is 22.3 Å². The van der Waals surface area contributed by atoms with E-state index in [1.807, 2.05) is 11.8 Å². The molecule has 302 valence electrons. The topological polar surface area (TPSA) is 6.48 Å². The Hall–Kier alpha value is -7.85. The minimum atomic E-state index is -0.546. The largest absolute Gasteiger partial charge is 0.310 e. The fourth-order valence-electron chi connectivity index (χ4n) is 10.3. The van der Waals surface area contributed by atoms with Gasteiger partial charge in [0.05, 0.1) is 11.1 Å². The lowest BCUT2D eigenvalue weighted by Gasteiger charge is -2.40. The first-order valence-corrected chi connectivity index (χ1v) is 22.7. The highest BCUT2D eigenvalue weighted by atomic mass is 32.2. The van der Waals surface area contributed by atoms with Gasteiger partial charge in [-0.2, -0.15) is 0 Å². The van der Waals surface area contributed by atoms with Crippen molar-refractivity contribution >= 4 is 45.9 Å². The van der Waals surface area contributed by atoms with Crippen LogP contribution in [0.15, 0.2) is 265 Å². The summed E-state index contributed by atoms with van der Waals surface area (Å²) < 4.78 is 0. The van der Waals surface area contributed by atoms with Crippen molar-refractivity contribution in [3.8, 4) is 33.4 Å². The van der Waals surface area contributed by atoms with Crippen LogP contribution in [0.25, 0.3) is 33.4 Å². The Labute approximate surface area is 379 Å². The Morgan fingerprint density at radius 2 is 0.750 bits per heavy atom.